The molecule has 3 heteroatoms. The Balaban J connectivity index is 2.11. The lowest BCUT2D eigenvalue weighted by atomic mass is 10.2. The van der Waals surface area contributed by atoms with Crippen molar-refractivity contribution in [1.29, 1.82) is 5.26 Å². The molecule has 0 aromatic carbocycles. The summed E-state index contributed by atoms with van der Waals surface area (Å²) >= 11 is 0. The molecule has 1 aliphatic carbocycles. The van der Waals surface area contributed by atoms with Crippen LogP contribution in [0, 0.1) is 23.2 Å². The first-order chi connectivity index (χ1) is 7.22. The van der Waals surface area contributed by atoms with Crippen molar-refractivity contribution in [3.8, 4) is 6.07 Å². The zero-order valence-electron chi connectivity index (χ0n) is 9.14. The third kappa shape index (κ3) is 2.10. The van der Waals surface area contributed by atoms with Crippen LogP contribution in [0.4, 0.5) is 5.82 Å². The Bertz CT molecular complexity index is 394. The van der Waals surface area contributed by atoms with Gasteiger partial charge in [-0.1, -0.05) is 6.92 Å². The standard InChI is InChI=1S/C12H15N3/c1-9-6-11(9)8-15(2)12-10(7-13)4-3-5-14-12/h3-5,9,11H,6,8H2,1-2H3. The van der Waals surface area contributed by atoms with E-state index in [0.29, 0.717) is 5.56 Å². The number of anilines is 1. The highest BCUT2D eigenvalue weighted by Gasteiger charge is 2.33. The van der Waals surface area contributed by atoms with Gasteiger partial charge in [0, 0.05) is 19.8 Å². The molecule has 2 rings (SSSR count). The van der Waals surface area contributed by atoms with Crippen LogP contribution in [0.15, 0.2) is 18.3 Å². The van der Waals surface area contributed by atoms with Crippen molar-refractivity contribution in [1.82, 2.24) is 4.98 Å². The van der Waals surface area contributed by atoms with Gasteiger partial charge in [-0.05, 0) is 30.4 Å². The normalized spacial score (nSPS) is 23.3. The number of aromatic nitrogens is 1. The maximum atomic E-state index is 8.95. The fraction of sp³-hybridized carbons (Fsp3) is 0.500. The summed E-state index contributed by atoms with van der Waals surface area (Å²) in [5.41, 5.74) is 0.660. The van der Waals surface area contributed by atoms with Gasteiger partial charge >= 0.3 is 0 Å². The Morgan fingerprint density at radius 1 is 1.67 bits per heavy atom. The maximum Gasteiger partial charge on any atom is 0.146 e. The first-order valence-electron chi connectivity index (χ1n) is 5.28. The lowest BCUT2D eigenvalue weighted by Gasteiger charge is -2.18. The summed E-state index contributed by atoms with van der Waals surface area (Å²) in [5, 5.41) is 8.95. The Hall–Kier alpha value is -1.56. The van der Waals surface area contributed by atoms with Crippen LogP contribution in [0.2, 0.25) is 0 Å². The van der Waals surface area contributed by atoms with Gasteiger partial charge in [0.05, 0.1) is 5.56 Å². The average Bonchev–Trinajstić information content (AvgIpc) is 2.94. The van der Waals surface area contributed by atoms with Crippen LogP contribution in [0.1, 0.15) is 18.9 Å². The summed E-state index contributed by atoms with van der Waals surface area (Å²) in [6.07, 6.45) is 3.04. The number of nitrogens with zero attached hydrogens (tertiary/aromatic N) is 3. The third-order valence-electron chi connectivity index (χ3n) is 3.05. The van der Waals surface area contributed by atoms with E-state index >= 15 is 0 Å². The number of rotatable bonds is 3. The van der Waals surface area contributed by atoms with E-state index in [9.17, 15) is 0 Å². The van der Waals surface area contributed by atoms with Crippen LogP contribution in [0.25, 0.3) is 0 Å². The fourth-order valence-corrected chi connectivity index (χ4v) is 1.88. The molecule has 78 valence electrons. The van der Waals surface area contributed by atoms with Gasteiger partial charge in [-0.25, -0.2) is 4.98 Å². The molecule has 0 saturated heterocycles. The van der Waals surface area contributed by atoms with Gasteiger partial charge in [0.25, 0.3) is 0 Å². The Morgan fingerprint density at radius 3 is 3.00 bits per heavy atom. The van der Waals surface area contributed by atoms with Crippen LogP contribution < -0.4 is 4.90 Å². The first-order valence-corrected chi connectivity index (χ1v) is 5.28. The van der Waals surface area contributed by atoms with Crippen LogP contribution in [0.5, 0.6) is 0 Å². The second-order valence-corrected chi connectivity index (χ2v) is 4.34. The van der Waals surface area contributed by atoms with E-state index in [2.05, 4.69) is 22.9 Å². The highest BCUT2D eigenvalue weighted by atomic mass is 15.2. The topological polar surface area (TPSA) is 39.9 Å². The molecule has 0 radical (unpaired) electrons. The average molecular weight is 201 g/mol. The number of hydrogen-bond donors (Lipinski definition) is 0. The van der Waals surface area contributed by atoms with Gasteiger partial charge in [-0.3, -0.25) is 0 Å². The predicted octanol–water partition coefficient (Wildman–Crippen LogP) is 2.05. The van der Waals surface area contributed by atoms with Crippen LogP contribution in [0.3, 0.4) is 0 Å². The Kier molecular flexibility index (Phi) is 2.59. The largest absolute Gasteiger partial charge is 0.358 e. The highest BCUT2D eigenvalue weighted by molar-refractivity contribution is 5.52. The second kappa shape index (κ2) is 3.90. The maximum absolute atomic E-state index is 8.95. The third-order valence-corrected chi connectivity index (χ3v) is 3.05. The molecule has 0 bridgehead atoms. The summed E-state index contributed by atoms with van der Waals surface area (Å²) in [4.78, 5) is 6.35. The summed E-state index contributed by atoms with van der Waals surface area (Å²) < 4.78 is 0. The van der Waals surface area contributed by atoms with Crippen molar-refractivity contribution < 1.29 is 0 Å². The van der Waals surface area contributed by atoms with Gasteiger partial charge in [0.15, 0.2) is 0 Å². The van der Waals surface area contributed by atoms with Gasteiger partial charge in [-0.2, -0.15) is 5.26 Å². The molecule has 0 amide bonds. The zero-order valence-corrected chi connectivity index (χ0v) is 9.14. The van der Waals surface area contributed by atoms with Crippen molar-refractivity contribution in [2.45, 2.75) is 13.3 Å². The molecule has 1 heterocycles. The number of hydrogen-bond acceptors (Lipinski definition) is 3. The van der Waals surface area contributed by atoms with Crippen molar-refractivity contribution in [2.24, 2.45) is 11.8 Å². The molecule has 2 unspecified atom stereocenters. The summed E-state index contributed by atoms with van der Waals surface area (Å²) in [6.45, 7) is 3.27. The van der Waals surface area contributed by atoms with Gasteiger partial charge < -0.3 is 4.90 Å². The summed E-state index contributed by atoms with van der Waals surface area (Å²) in [5.74, 6) is 2.42. The van der Waals surface area contributed by atoms with Gasteiger partial charge in [0.1, 0.15) is 11.9 Å². The molecule has 3 nitrogen and oxygen atoms in total. The van der Waals surface area contributed by atoms with E-state index in [1.807, 2.05) is 13.1 Å². The molecule has 1 aromatic rings. The molecular weight excluding hydrogens is 186 g/mol. The summed E-state index contributed by atoms with van der Waals surface area (Å²) in [6, 6.07) is 5.79. The quantitative estimate of drug-likeness (QED) is 0.751. The minimum atomic E-state index is 0.660. The SMILES string of the molecule is CC1CC1CN(C)c1ncccc1C#N. The van der Waals surface area contributed by atoms with Gasteiger partial charge in [0.2, 0.25) is 0 Å². The van der Waals surface area contributed by atoms with E-state index in [0.717, 1.165) is 24.2 Å². The monoisotopic (exact) mass is 201 g/mol. The highest BCUT2D eigenvalue weighted by Crippen LogP contribution is 2.38. The van der Waals surface area contributed by atoms with Crippen LogP contribution in [-0.4, -0.2) is 18.6 Å². The lowest BCUT2D eigenvalue weighted by molar-refractivity contribution is 0.719. The zero-order chi connectivity index (χ0) is 10.8. The summed E-state index contributed by atoms with van der Waals surface area (Å²) in [7, 11) is 2.01. The molecule has 1 saturated carbocycles. The van der Waals surface area contributed by atoms with Crippen molar-refractivity contribution in [2.75, 3.05) is 18.5 Å². The lowest BCUT2D eigenvalue weighted by Crippen LogP contribution is -2.22. The van der Waals surface area contributed by atoms with Crippen molar-refractivity contribution in [3.05, 3.63) is 23.9 Å². The van der Waals surface area contributed by atoms with E-state index < -0.39 is 0 Å². The molecule has 1 fully saturated rings. The first kappa shape index (κ1) is 9.97. The number of pyridine rings is 1. The molecule has 1 aliphatic rings. The Labute approximate surface area is 90.4 Å². The minimum absolute atomic E-state index is 0.660. The predicted molar refractivity (Wildman–Crippen MR) is 59.5 cm³/mol. The Morgan fingerprint density at radius 2 is 2.40 bits per heavy atom. The van der Waals surface area contributed by atoms with Crippen molar-refractivity contribution >= 4 is 5.82 Å². The van der Waals surface area contributed by atoms with E-state index in [1.54, 1.807) is 12.3 Å². The van der Waals surface area contributed by atoms with E-state index in [4.69, 9.17) is 5.26 Å². The van der Waals surface area contributed by atoms with Crippen LogP contribution in [-0.2, 0) is 0 Å². The van der Waals surface area contributed by atoms with Gasteiger partial charge in [-0.15, -0.1) is 0 Å². The molecular formula is C12H15N3. The van der Waals surface area contributed by atoms with E-state index in [1.165, 1.54) is 6.42 Å². The van der Waals surface area contributed by atoms with Crippen molar-refractivity contribution in [3.63, 3.8) is 0 Å². The number of nitriles is 1. The molecule has 0 N–H and O–H groups in total. The van der Waals surface area contributed by atoms with Crippen LogP contribution >= 0.6 is 0 Å². The minimum Gasteiger partial charge on any atom is -0.358 e. The molecule has 15 heavy (non-hydrogen) atoms. The fourth-order valence-electron chi connectivity index (χ4n) is 1.88. The second-order valence-electron chi connectivity index (χ2n) is 4.34. The molecule has 0 aliphatic heterocycles. The van der Waals surface area contributed by atoms with E-state index in [-0.39, 0.29) is 0 Å². The molecule has 2 atom stereocenters. The molecule has 0 spiro atoms. The smallest absolute Gasteiger partial charge is 0.146 e. The molecule has 1 aromatic heterocycles.